The van der Waals surface area contributed by atoms with Gasteiger partial charge in [-0.15, -0.1) is 0 Å². The molecule has 0 saturated carbocycles. The number of nitriles is 1. The minimum absolute atomic E-state index is 0.0538. The number of nitrogens with one attached hydrogen (secondary N) is 1. The molecule has 0 aliphatic carbocycles. The van der Waals surface area contributed by atoms with Crippen molar-refractivity contribution in [3.63, 3.8) is 0 Å². The van der Waals surface area contributed by atoms with E-state index in [1.807, 2.05) is 26.8 Å². The summed E-state index contributed by atoms with van der Waals surface area (Å²) in [5.74, 6) is -0.232. The highest BCUT2D eigenvalue weighted by atomic mass is 16.5. The number of ether oxygens (including phenoxy) is 1. The first kappa shape index (κ1) is 23.1. The van der Waals surface area contributed by atoms with Gasteiger partial charge in [0.15, 0.2) is 0 Å². The van der Waals surface area contributed by atoms with Gasteiger partial charge >= 0.3 is 0 Å². The van der Waals surface area contributed by atoms with Gasteiger partial charge in [0, 0.05) is 50.1 Å². The van der Waals surface area contributed by atoms with Crippen molar-refractivity contribution in [3.8, 4) is 6.07 Å². The number of nitrogens with zero attached hydrogens (tertiary/aromatic N) is 3. The molecule has 0 bridgehead atoms. The maximum absolute atomic E-state index is 13.0. The zero-order valence-electron chi connectivity index (χ0n) is 18.9. The van der Waals surface area contributed by atoms with Crippen LogP contribution in [-0.2, 0) is 20.9 Å². The lowest BCUT2D eigenvalue weighted by Gasteiger charge is -2.31. The van der Waals surface area contributed by atoms with E-state index >= 15 is 0 Å². The van der Waals surface area contributed by atoms with E-state index in [4.69, 9.17) is 4.74 Å². The molecule has 1 aromatic rings. The number of rotatable bonds is 7. The fourth-order valence-electron chi connectivity index (χ4n) is 4.45. The molecule has 3 heterocycles. The number of aryl methyl sites for hydroxylation is 1. The summed E-state index contributed by atoms with van der Waals surface area (Å²) in [7, 11) is 0. The van der Waals surface area contributed by atoms with Crippen molar-refractivity contribution in [1.29, 1.82) is 5.26 Å². The number of hydrogen-bond acceptors (Lipinski definition) is 4. The number of aromatic nitrogens is 1. The first-order valence-electron chi connectivity index (χ1n) is 11.4. The Bertz CT molecular complexity index is 866. The van der Waals surface area contributed by atoms with E-state index in [1.165, 1.54) is 0 Å². The Morgan fingerprint density at radius 2 is 2.03 bits per heavy atom. The van der Waals surface area contributed by atoms with E-state index in [0.29, 0.717) is 32.5 Å². The molecule has 7 heteroatoms. The van der Waals surface area contributed by atoms with Crippen molar-refractivity contribution in [2.24, 2.45) is 5.92 Å². The van der Waals surface area contributed by atoms with Gasteiger partial charge in [-0.1, -0.05) is 6.92 Å². The number of carbonyl (C=O) groups is 2. The first-order chi connectivity index (χ1) is 14.9. The SMILES string of the molecule is CCCNC(=O)C1CCN(C(=O)/C(C#N)=C/c2cc(C)n(CC3CCCO3)c2C)CC1. The third-order valence-corrected chi connectivity index (χ3v) is 6.38. The fraction of sp³-hybridized carbons (Fsp3) is 0.625. The van der Waals surface area contributed by atoms with Crippen LogP contribution in [0.25, 0.3) is 6.08 Å². The van der Waals surface area contributed by atoms with Gasteiger partial charge in [0.2, 0.25) is 5.91 Å². The van der Waals surface area contributed by atoms with Gasteiger partial charge in [0.1, 0.15) is 11.6 Å². The van der Waals surface area contributed by atoms with Crippen molar-refractivity contribution in [1.82, 2.24) is 14.8 Å². The highest BCUT2D eigenvalue weighted by Crippen LogP contribution is 2.24. The van der Waals surface area contributed by atoms with E-state index in [1.54, 1.807) is 11.0 Å². The average Bonchev–Trinajstić information content (AvgIpc) is 3.39. The van der Waals surface area contributed by atoms with E-state index in [2.05, 4.69) is 16.0 Å². The number of piperidine rings is 1. The molecule has 1 N–H and O–H groups in total. The number of likely N-dealkylation sites (tertiary alicyclic amines) is 1. The molecular weight excluding hydrogens is 392 g/mol. The molecule has 3 rings (SSSR count). The van der Waals surface area contributed by atoms with Crippen LogP contribution in [0.2, 0.25) is 0 Å². The van der Waals surface area contributed by atoms with Crippen LogP contribution in [0, 0.1) is 31.1 Å². The van der Waals surface area contributed by atoms with E-state index in [9.17, 15) is 14.9 Å². The van der Waals surface area contributed by atoms with Crippen molar-refractivity contribution in [2.45, 2.75) is 65.5 Å². The van der Waals surface area contributed by atoms with Gasteiger partial charge in [-0.25, -0.2) is 0 Å². The van der Waals surface area contributed by atoms with Gasteiger partial charge < -0.3 is 19.5 Å². The average molecular weight is 427 g/mol. The van der Waals surface area contributed by atoms with Gasteiger partial charge in [0.05, 0.1) is 6.10 Å². The molecule has 2 amide bonds. The van der Waals surface area contributed by atoms with Gasteiger partial charge in [-0.2, -0.15) is 5.26 Å². The molecule has 1 unspecified atom stereocenters. The second-order valence-electron chi connectivity index (χ2n) is 8.60. The summed E-state index contributed by atoms with van der Waals surface area (Å²) in [6.07, 6.45) is 6.28. The second-order valence-corrected chi connectivity index (χ2v) is 8.60. The monoisotopic (exact) mass is 426 g/mol. The zero-order valence-corrected chi connectivity index (χ0v) is 18.9. The highest BCUT2D eigenvalue weighted by Gasteiger charge is 2.28. The largest absolute Gasteiger partial charge is 0.376 e. The lowest BCUT2D eigenvalue weighted by atomic mass is 9.95. The third kappa shape index (κ3) is 5.56. The van der Waals surface area contributed by atoms with Crippen LogP contribution in [0.1, 0.15) is 56.0 Å². The summed E-state index contributed by atoms with van der Waals surface area (Å²) in [6, 6.07) is 4.12. The van der Waals surface area contributed by atoms with Crippen molar-refractivity contribution >= 4 is 17.9 Å². The number of amides is 2. The summed E-state index contributed by atoms with van der Waals surface area (Å²) in [4.78, 5) is 26.8. The molecule has 31 heavy (non-hydrogen) atoms. The lowest BCUT2D eigenvalue weighted by Crippen LogP contribution is -2.43. The zero-order chi connectivity index (χ0) is 22.4. The predicted molar refractivity (Wildman–Crippen MR) is 119 cm³/mol. The van der Waals surface area contributed by atoms with E-state index in [0.717, 1.165) is 49.4 Å². The second kappa shape index (κ2) is 10.6. The quantitative estimate of drug-likeness (QED) is 0.536. The molecule has 1 aromatic heterocycles. The summed E-state index contributed by atoms with van der Waals surface area (Å²) in [6.45, 7) is 9.40. The Labute approximate surface area is 185 Å². The van der Waals surface area contributed by atoms with Crippen LogP contribution < -0.4 is 5.32 Å². The number of carbonyl (C=O) groups excluding carboxylic acids is 2. The molecular formula is C24H34N4O3. The van der Waals surface area contributed by atoms with Crippen molar-refractivity contribution < 1.29 is 14.3 Å². The van der Waals surface area contributed by atoms with Crippen LogP contribution in [0.5, 0.6) is 0 Å². The molecule has 7 nitrogen and oxygen atoms in total. The van der Waals surface area contributed by atoms with Gasteiger partial charge in [0.25, 0.3) is 5.91 Å². The smallest absolute Gasteiger partial charge is 0.264 e. The summed E-state index contributed by atoms with van der Waals surface area (Å²) >= 11 is 0. The Hall–Kier alpha value is -2.59. The van der Waals surface area contributed by atoms with Crippen LogP contribution in [0.3, 0.4) is 0 Å². The predicted octanol–water partition coefficient (Wildman–Crippen LogP) is 2.96. The van der Waals surface area contributed by atoms with Gasteiger partial charge in [-0.3, -0.25) is 9.59 Å². The Balaban J connectivity index is 1.66. The molecule has 2 saturated heterocycles. The minimum Gasteiger partial charge on any atom is -0.376 e. The van der Waals surface area contributed by atoms with Crippen LogP contribution in [0.15, 0.2) is 11.6 Å². The minimum atomic E-state index is -0.251. The maximum atomic E-state index is 13.0. The summed E-state index contributed by atoms with van der Waals surface area (Å²) in [5, 5.41) is 12.6. The van der Waals surface area contributed by atoms with E-state index < -0.39 is 0 Å². The lowest BCUT2D eigenvalue weighted by molar-refractivity contribution is -0.132. The van der Waals surface area contributed by atoms with Crippen molar-refractivity contribution in [2.75, 3.05) is 26.2 Å². The first-order valence-corrected chi connectivity index (χ1v) is 11.4. The Kier molecular flexibility index (Phi) is 7.91. The molecule has 2 aliphatic heterocycles. The standard InChI is InChI=1S/C24H34N4O3/c1-4-9-26-23(29)19-7-10-27(11-8-19)24(30)21(15-25)14-20-13-17(2)28(18(20)3)16-22-6-5-12-31-22/h13-14,19,22H,4-12,16H2,1-3H3,(H,26,29)/b21-14+. The maximum Gasteiger partial charge on any atom is 0.264 e. The molecule has 1 atom stereocenters. The van der Waals surface area contributed by atoms with Crippen LogP contribution >= 0.6 is 0 Å². The fourth-order valence-corrected chi connectivity index (χ4v) is 4.45. The Morgan fingerprint density at radius 3 is 2.65 bits per heavy atom. The summed E-state index contributed by atoms with van der Waals surface area (Å²) in [5.41, 5.74) is 3.18. The van der Waals surface area contributed by atoms with E-state index in [-0.39, 0.29) is 29.4 Å². The van der Waals surface area contributed by atoms with Crippen molar-refractivity contribution in [3.05, 3.63) is 28.6 Å². The topological polar surface area (TPSA) is 87.4 Å². The van der Waals surface area contributed by atoms with Crippen LogP contribution in [-0.4, -0.2) is 53.6 Å². The van der Waals surface area contributed by atoms with Gasteiger partial charge in [-0.05, 0) is 63.7 Å². The Morgan fingerprint density at radius 1 is 1.29 bits per heavy atom. The summed E-state index contributed by atoms with van der Waals surface area (Å²) < 4.78 is 7.98. The molecule has 2 fully saturated rings. The molecule has 0 aromatic carbocycles. The highest BCUT2D eigenvalue weighted by molar-refractivity contribution is 6.02. The molecule has 168 valence electrons. The normalized spacial score (nSPS) is 20.0. The van der Waals surface area contributed by atoms with Crippen LogP contribution in [0.4, 0.5) is 0 Å². The third-order valence-electron chi connectivity index (χ3n) is 6.38. The molecule has 0 radical (unpaired) electrons. The number of hydrogen-bond donors (Lipinski definition) is 1. The molecule has 0 spiro atoms. The molecule has 2 aliphatic rings.